The number of hydrogen-bond acceptors (Lipinski definition) is 8. The Morgan fingerprint density at radius 1 is 0.935 bits per heavy atom. The van der Waals surface area contributed by atoms with Gasteiger partial charge in [-0.3, -0.25) is 9.80 Å². The number of sulfonamides is 1. The third-order valence-corrected chi connectivity index (χ3v) is 10.8. The van der Waals surface area contributed by atoms with E-state index in [1.165, 1.54) is 13.2 Å². The monoisotopic (exact) mass is 655 g/mol. The van der Waals surface area contributed by atoms with E-state index in [4.69, 9.17) is 4.74 Å². The first kappa shape index (κ1) is 32.1. The van der Waals surface area contributed by atoms with Crippen LogP contribution in [0.4, 0.5) is 13.2 Å². The highest BCUT2D eigenvalue weighted by Gasteiger charge is 2.44. The maximum absolute atomic E-state index is 13.6. The summed E-state index contributed by atoms with van der Waals surface area (Å²) in [4.78, 5) is 4.70. The second kappa shape index (κ2) is 13.1. The first-order valence-electron chi connectivity index (χ1n) is 15.2. The molecule has 2 fully saturated rings. The van der Waals surface area contributed by atoms with E-state index in [2.05, 4.69) is 49.6 Å². The van der Waals surface area contributed by atoms with Crippen molar-refractivity contribution in [3.63, 3.8) is 0 Å². The summed E-state index contributed by atoms with van der Waals surface area (Å²) < 4.78 is 74.8. The molecule has 1 aromatic heterocycles. The second-order valence-electron chi connectivity index (χ2n) is 11.6. The van der Waals surface area contributed by atoms with E-state index >= 15 is 0 Å². The Kier molecular flexibility index (Phi) is 9.15. The van der Waals surface area contributed by atoms with Gasteiger partial charge in [-0.2, -0.15) is 22.2 Å². The zero-order valence-corrected chi connectivity index (χ0v) is 26.4. The van der Waals surface area contributed by atoms with Gasteiger partial charge < -0.3 is 4.74 Å². The molecule has 0 radical (unpaired) electrons. The van der Waals surface area contributed by atoms with Crippen molar-refractivity contribution in [2.45, 2.75) is 37.6 Å². The maximum Gasteiger partial charge on any atom is 0.453 e. The number of benzene rings is 3. The quantitative estimate of drug-likeness (QED) is 0.267. The third-order valence-electron chi connectivity index (χ3n) is 8.92. The van der Waals surface area contributed by atoms with Gasteiger partial charge in [0.05, 0.1) is 18.6 Å². The molecular weight excluding hydrogens is 619 g/mol. The molecule has 244 valence electrons. The van der Waals surface area contributed by atoms with E-state index in [0.29, 0.717) is 55.3 Å². The van der Waals surface area contributed by atoms with E-state index in [0.717, 1.165) is 11.1 Å². The lowest BCUT2D eigenvalue weighted by molar-refractivity contribution is -0.146. The number of rotatable bonds is 9. The molecule has 0 unspecified atom stereocenters. The van der Waals surface area contributed by atoms with Gasteiger partial charge in [0, 0.05) is 62.8 Å². The van der Waals surface area contributed by atoms with Gasteiger partial charge in [-0.1, -0.05) is 60.7 Å². The number of hydrogen-bond donors (Lipinski definition) is 0. The van der Waals surface area contributed by atoms with Crippen LogP contribution < -0.4 is 4.74 Å². The lowest BCUT2D eigenvalue weighted by atomic mass is 9.81. The Bertz CT molecular complexity index is 1700. The summed E-state index contributed by atoms with van der Waals surface area (Å²) in [5, 5.41) is 10.1. The van der Waals surface area contributed by atoms with E-state index in [-0.39, 0.29) is 29.4 Å². The summed E-state index contributed by atoms with van der Waals surface area (Å²) in [6, 6.07) is 25.2. The van der Waals surface area contributed by atoms with Crippen molar-refractivity contribution >= 4 is 10.0 Å². The number of aromatic nitrogens is 4. The van der Waals surface area contributed by atoms with Crippen LogP contribution in [0.2, 0.25) is 0 Å². The Balaban J connectivity index is 1.39. The van der Waals surface area contributed by atoms with Gasteiger partial charge in [0.15, 0.2) is 0 Å². The van der Waals surface area contributed by atoms with E-state index in [1.54, 1.807) is 23.4 Å². The number of nitrogens with zero attached hydrogens (tertiary/aromatic N) is 7. The number of piperazine rings is 2. The highest BCUT2D eigenvalue weighted by molar-refractivity contribution is 7.89. The molecule has 0 bridgehead atoms. The van der Waals surface area contributed by atoms with Gasteiger partial charge in [0.2, 0.25) is 10.0 Å². The van der Waals surface area contributed by atoms with E-state index in [1.807, 2.05) is 36.4 Å². The summed E-state index contributed by atoms with van der Waals surface area (Å²) in [5.74, 6) is -0.674. The zero-order valence-electron chi connectivity index (χ0n) is 25.6. The molecular formula is C32H36F3N7O3S. The lowest BCUT2D eigenvalue weighted by Crippen LogP contribution is -2.67. The van der Waals surface area contributed by atoms with Crippen LogP contribution in [0, 0.1) is 0 Å². The summed E-state index contributed by atoms with van der Waals surface area (Å²) in [5.41, 5.74) is 3.13. The van der Waals surface area contributed by atoms with Gasteiger partial charge in [-0.25, -0.2) is 8.42 Å². The van der Waals surface area contributed by atoms with Crippen molar-refractivity contribution in [2.75, 3.05) is 45.6 Å². The number of tetrazole rings is 1. The molecule has 2 aliphatic heterocycles. The van der Waals surface area contributed by atoms with Crippen molar-refractivity contribution in [3.05, 3.63) is 101 Å². The predicted octanol–water partition coefficient (Wildman–Crippen LogP) is 4.04. The van der Waals surface area contributed by atoms with Crippen LogP contribution in [0.5, 0.6) is 5.75 Å². The third kappa shape index (κ3) is 6.52. The fraction of sp³-hybridized carbons (Fsp3) is 0.406. The van der Waals surface area contributed by atoms with Crippen LogP contribution in [0.1, 0.15) is 35.4 Å². The minimum absolute atomic E-state index is 0.00849. The second-order valence-corrected chi connectivity index (χ2v) is 13.9. The number of methoxy groups -OCH3 is 1. The molecule has 6 rings (SSSR count). The van der Waals surface area contributed by atoms with E-state index in [9.17, 15) is 21.6 Å². The smallest absolute Gasteiger partial charge is 0.453 e. The summed E-state index contributed by atoms with van der Waals surface area (Å²) in [7, 11) is -1.87. The molecule has 3 aromatic carbocycles. The Morgan fingerprint density at radius 2 is 1.61 bits per heavy atom. The minimum atomic E-state index is -4.73. The molecule has 2 atom stereocenters. The molecule has 0 amide bonds. The maximum atomic E-state index is 13.6. The van der Waals surface area contributed by atoms with Crippen LogP contribution in [0.25, 0.3) is 5.69 Å². The standard InChI is InChI=1S/C32H36F3N7O3S/c1-3-46(43,44)40-16-17-41-27(21-40)20-39(22-28(41)30(23-10-6-4-7-11-23)24-12-8-5-9-13-24)19-25-18-26(14-15-29(25)45-2)42-31(32(33,34)35)36-37-38-42/h4-15,18,27-28,30H,3,16-17,19-22H2,1-2H3/t27-,28+/m1/s1. The molecule has 3 heterocycles. The highest BCUT2D eigenvalue weighted by atomic mass is 32.2. The van der Waals surface area contributed by atoms with Crippen LogP contribution in [-0.2, 0) is 22.7 Å². The molecule has 46 heavy (non-hydrogen) atoms. The SMILES string of the molecule is CCS(=O)(=O)N1CCN2[C@H](CN(Cc3cc(-n4nnnc4C(F)(F)F)ccc3OC)C[C@H]2C(c2ccccc2)c2ccccc2)C1. The van der Waals surface area contributed by atoms with Crippen LogP contribution >= 0.6 is 0 Å². The summed E-state index contributed by atoms with van der Waals surface area (Å²) in [6.07, 6.45) is -4.73. The van der Waals surface area contributed by atoms with Gasteiger partial charge in [0.25, 0.3) is 5.82 Å². The first-order chi connectivity index (χ1) is 22.1. The van der Waals surface area contributed by atoms with Gasteiger partial charge in [-0.15, -0.1) is 5.10 Å². The van der Waals surface area contributed by atoms with Crippen molar-refractivity contribution in [2.24, 2.45) is 0 Å². The van der Waals surface area contributed by atoms with Gasteiger partial charge in [-0.05, 0) is 46.7 Å². The molecule has 0 aliphatic carbocycles. The number of ether oxygens (including phenoxy) is 1. The molecule has 4 aromatic rings. The topological polar surface area (TPSA) is 96.7 Å². The molecule has 0 N–H and O–H groups in total. The van der Waals surface area contributed by atoms with Crippen molar-refractivity contribution < 1.29 is 26.3 Å². The molecule has 0 saturated carbocycles. The average molecular weight is 656 g/mol. The first-order valence-corrected chi connectivity index (χ1v) is 16.8. The number of fused-ring (bicyclic) bond motifs is 1. The fourth-order valence-electron chi connectivity index (χ4n) is 6.80. The van der Waals surface area contributed by atoms with Crippen molar-refractivity contribution in [1.82, 2.24) is 34.3 Å². The normalized spacial score (nSPS) is 20.1. The Hall–Kier alpha value is -3.85. The van der Waals surface area contributed by atoms with E-state index < -0.39 is 22.0 Å². The largest absolute Gasteiger partial charge is 0.496 e. The van der Waals surface area contributed by atoms with Crippen LogP contribution in [0.3, 0.4) is 0 Å². The van der Waals surface area contributed by atoms with Gasteiger partial charge >= 0.3 is 6.18 Å². The van der Waals surface area contributed by atoms with Crippen molar-refractivity contribution in [3.8, 4) is 11.4 Å². The summed E-state index contributed by atoms with van der Waals surface area (Å²) in [6.45, 7) is 4.59. The molecule has 14 heteroatoms. The zero-order chi connectivity index (χ0) is 32.5. The number of alkyl halides is 3. The molecule has 2 aliphatic rings. The van der Waals surface area contributed by atoms with Crippen LogP contribution in [0.15, 0.2) is 78.9 Å². The van der Waals surface area contributed by atoms with Crippen molar-refractivity contribution in [1.29, 1.82) is 0 Å². The summed E-state index contributed by atoms with van der Waals surface area (Å²) >= 11 is 0. The Labute approximate surface area is 266 Å². The van der Waals surface area contributed by atoms with Gasteiger partial charge in [0.1, 0.15) is 5.75 Å². The molecule has 2 saturated heterocycles. The minimum Gasteiger partial charge on any atom is -0.496 e. The number of halogens is 3. The molecule has 0 spiro atoms. The van der Waals surface area contributed by atoms with Crippen LogP contribution in [-0.4, -0.2) is 100 Å². The molecule has 10 nitrogen and oxygen atoms in total. The highest BCUT2D eigenvalue weighted by Crippen LogP contribution is 2.37. The lowest BCUT2D eigenvalue weighted by Gasteiger charge is -2.53. The average Bonchev–Trinajstić information content (AvgIpc) is 3.57. The Morgan fingerprint density at radius 3 is 2.22 bits per heavy atom. The predicted molar refractivity (Wildman–Crippen MR) is 166 cm³/mol. The fourth-order valence-corrected chi connectivity index (χ4v) is 7.92.